The Labute approximate surface area is 286 Å². The maximum Gasteiger partial charge on any atom is 0.458 e. The summed E-state index contributed by atoms with van der Waals surface area (Å²) in [6, 6.07) is 23.3. The molecule has 0 spiro atoms. The number of hydrogen-bond donors (Lipinski definition) is 1. The van der Waals surface area contributed by atoms with Gasteiger partial charge in [0.2, 0.25) is 0 Å². The summed E-state index contributed by atoms with van der Waals surface area (Å²) >= 11 is 0. The Morgan fingerprint density at radius 1 is 0.860 bits per heavy atom. The van der Waals surface area contributed by atoms with Crippen LogP contribution >= 0.6 is 0 Å². The highest BCUT2D eigenvalue weighted by atomic mass is 19.4. The zero-order valence-electron chi connectivity index (χ0n) is 27.7. The van der Waals surface area contributed by atoms with Gasteiger partial charge in [0.1, 0.15) is 0 Å². The molecule has 2 fully saturated rings. The molecule has 0 saturated carbocycles. The molecule has 0 radical (unpaired) electrons. The number of Topliss-reactive ketones (excluding diaryl/α,β-unsaturated/α-hetero) is 2. The number of ether oxygens (including phenoxy) is 1. The van der Waals surface area contributed by atoms with Crippen LogP contribution in [0.4, 0.5) is 31.1 Å². The topological polar surface area (TPSA) is 96.8 Å². The highest BCUT2D eigenvalue weighted by Gasteiger charge is 2.54. The molecule has 2 aromatic carbocycles. The van der Waals surface area contributed by atoms with E-state index in [9.17, 15) is 40.7 Å². The molecular weight excluding hydrogens is 668 g/mol. The number of morpholine rings is 1. The number of carbonyl (C=O) groups is 3. The molecule has 1 aromatic heterocycles. The number of aromatic nitrogens is 2. The maximum absolute atomic E-state index is 12.9. The van der Waals surface area contributed by atoms with Crippen molar-refractivity contribution in [3.8, 4) is 0 Å². The van der Waals surface area contributed by atoms with Crippen LogP contribution in [0, 0.1) is 0 Å². The lowest BCUT2D eigenvalue weighted by molar-refractivity contribution is -0.193. The van der Waals surface area contributed by atoms with Crippen molar-refractivity contribution in [1.82, 2.24) is 24.9 Å². The van der Waals surface area contributed by atoms with Crippen molar-refractivity contribution in [1.29, 1.82) is 0 Å². The van der Waals surface area contributed by atoms with Crippen LogP contribution in [-0.2, 0) is 27.3 Å². The molecule has 1 N–H and O–H groups in total. The van der Waals surface area contributed by atoms with Crippen LogP contribution in [0.3, 0.4) is 0 Å². The van der Waals surface area contributed by atoms with Crippen LogP contribution in [0.15, 0.2) is 66.7 Å². The summed E-state index contributed by atoms with van der Waals surface area (Å²) in [5.74, 6) is -6.26. The fraction of sp³-hybridized carbons (Fsp3) is 0.486. The Morgan fingerprint density at radius 2 is 1.42 bits per heavy atom. The molecule has 5 rings (SSSR count). The Hall–Kier alpha value is -4.24. The zero-order chi connectivity index (χ0) is 36.3. The first kappa shape index (κ1) is 38.6. The lowest BCUT2D eigenvalue weighted by atomic mass is 9.92. The third kappa shape index (κ3) is 11.1. The number of piperidine rings is 1. The van der Waals surface area contributed by atoms with E-state index in [0.717, 1.165) is 57.6 Å². The molecule has 15 heteroatoms. The number of halogens is 6. The molecule has 2 aliphatic rings. The van der Waals surface area contributed by atoms with E-state index in [2.05, 4.69) is 82.5 Å². The molecule has 9 nitrogen and oxygen atoms in total. The van der Waals surface area contributed by atoms with Gasteiger partial charge < -0.3 is 19.9 Å². The van der Waals surface area contributed by atoms with E-state index < -0.39 is 23.9 Å². The van der Waals surface area contributed by atoms with Crippen LogP contribution in [-0.4, -0.2) is 95.5 Å². The van der Waals surface area contributed by atoms with Crippen molar-refractivity contribution in [3.05, 3.63) is 89.2 Å². The van der Waals surface area contributed by atoms with Crippen molar-refractivity contribution < 1.29 is 45.5 Å². The van der Waals surface area contributed by atoms with Crippen molar-refractivity contribution in [2.45, 2.75) is 63.5 Å². The molecule has 3 heterocycles. The third-order valence-corrected chi connectivity index (χ3v) is 8.65. The van der Waals surface area contributed by atoms with E-state index in [4.69, 9.17) is 9.84 Å². The van der Waals surface area contributed by atoms with Crippen LogP contribution in [0.2, 0.25) is 0 Å². The van der Waals surface area contributed by atoms with Gasteiger partial charge in [-0.15, -0.1) is 0 Å². The number of benzene rings is 2. The molecule has 2 amide bonds. The standard InChI is InChI=1S/C31H41N5O2.C4F6O2/c1-2-36-30(24-28(33-36)23-25-9-5-3-6-10-25)27-13-16-34(17-14-27)18-15-29(26-11-7-4-8-12-26)32-31(37)35-19-21-38-22-20-35;5-3(6,7)1(11)2(12)4(8,9)10/h3-12,24,27,29H,2,13-23H2,1H3,(H,32,37);/t29-;/m0./s1. The van der Waals surface area contributed by atoms with Gasteiger partial charge in [-0.25, -0.2) is 4.79 Å². The number of rotatable bonds is 10. The first-order valence-corrected chi connectivity index (χ1v) is 16.5. The first-order chi connectivity index (χ1) is 23.8. The minimum absolute atomic E-state index is 0.00587. The Balaban J connectivity index is 0.000000402. The summed E-state index contributed by atoms with van der Waals surface area (Å²) in [6.45, 7) is 8.76. The molecule has 0 aliphatic carbocycles. The minimum Gasteiger partial charge on any atom is -0.378 e. The monoisotopic (exact) mass is 709 g/mol. The molecule has 3 aromatic rings. The van der Waals surface area contributed by atoms with Crippen LogP contribution in [0.1, 0.15) is 60.7 Å². The van der Waals surface area contributed by atoms with Crippen LogP contribution in [0.5, 0.6) is 0 Å². The first-order valence-electron chi connectivity index (χ1n) is 16.5. The summed E-state index contributed by atoms with van der Waals surface area (Å²) in [7, 11) is 0. The second-order valence-corrected chi connectivity index (χ2v) is 12.1. The quantitative estimate of drug-likeness (QED) is 0.202. The van der Waals surface area contributed by atoms with E-state index >= 15 is 0 Å². The van der Waals surface area contributed by atoms with Crippen molar-refractivity contribution in [3.63, 3.8) is 0 Å². The van der Waals surface area contributed by atoms with E-state index in [1.54, 1.807) is 0 Å². The number of nitrogens with one attached hydrogen (secondary N) is 1. The highest BCUT2D eigenvalue weighted by Crippen LogP contribution is 2.30. The number of nitrogens with zero attached hydrogens (tertiary/aromatic N) is 4. The molecule has 2 aliphatic heterocycles. The van der Waals surface area contributed by atoms with E-state index in [-0.39, 0.29) is 12.1 Å². The lowest BCUT2D eigenvalue weighted by Gasteiger charge is -2.34. The average Bonchev–Trinajstić information content (AvgIpc) is 3.52. The third-order valence-electron chi connectivity index (χ3n) is 8.65. The predicted octanol–water partition coefficient (Wildman–Crippen LogP) is 6.10. The Kier molecular flexibility index (Phi) is 13.6. The summed E-state index contributed by atoms with van der Waals surface area (Å²) in [4.78, 5) is 36.6. The lowest BCUT2D eigenvalue weighted by Crippen LogP contribution is -2.47. The maximum atomic E-state index is 12.9. The zero-order valence-corrected chi connectivity index (χ0v) is 27.7. The normalized spacial score (nSPS) is 16.7. The number of aryl methyl sites for hydroxylation is 1. The number of ketones is 2. The van der Waals surface area contributed by atoms with Gasteiger partial charge in [-0.1, -0.05) is 60.7 Å². The fourth-order valence-corrected chi connectivity index (χ4v) is 6.00. The minimum atomic E-state index is -5.77. The number of hydrogen-bond acceptors (Lipinski definition) is 6. The number of carbonyl (C=O) groups excluding carboxylic acids is 3. The van der Waals surface area contributed by atoms with Gasteiger partial charge in [0.05, 0.1) is 24.9 Å². The number of likely N-dealkylation sites (tertiary alicyclic amines) is 1. The number of amides is 2. The van der Waals surface area contributed by atoms with E-state index in [1.165, 1.54) is 16.8 Å². The molecule has 272 valence electrons. The van der Waals surface area contributed by atoms with Crippen LogP contribution < -0.4 is 5.32 Å². The van der Waals surface area contributed by atoms with Gasteiger partial charge in [-0.2, -0.15) is 31.4 Å². The van der Waals surface area contributed by atoms with Gasteiger partial charge in [-0.05, 0) is 56.5 Å². The highest BCUT2D eigenvalue weighted by molar-refractivity contribution is 6.41. The van der Waals surface area contributed by atoms with E-state index in [1.807, 2.05) is 11.0 Å². The summed E-state index contributed by atoms with van der Waals surface area (Å²) in [5.41, 5.74) is 5.03. The molecule has 0 unspecified atom stereocenters. The summed E-state index contributed by atoms with van der Waals surface area (Å²) < 4.78 is 74.6. The average molecular weight is 710 g/mol. The Morgan fingerprint density at radius 3 is 1.96 bits per heavy atom. The molecular formula is C35H41F6N5O4. The van der Waals surface area contributed by atoms with Gasteiger partial charge >= 0.3 is 30.0 Å². The van der Waals surface area contributed by atoms with Gasteiger partial charge in [-0.3, -0.25) is 14.3 Å². The van der Waals surface area contributed by atoms with Gasteiger partial charge in [0.25, 0.3) is 0 Å². The second kappa shape index (κ2) is 17.6. The molecule has 2 saturated heterocycles. The molecule has 50 heavy (non-hydrogen) atoms. The largest absolute Gasteiger partial charge is 0.458 e. The van der Waals surface area contributed by atoms with Crippen molar-refractivity contribution in [2.75, 3.05) is 45.9 Å². The second-order valence-electron chi connectivity index (χ2n) is 12.1. The van der Waals surface area contributed by atoms with Gasteiger partial charge in [0, 0.05) is 44.2 Å². The van der Waals surface area contributed by atoms with Crippen molar-refractivity contribution >= 4 is 17.6 Å². The SMILES string of the molecule is CCn1nc(Cc2ccccc2)cc1C1CCN(CC[C@H](NC(=O)N2CCOCC2)c2ccccc2)CC1.O=C(C(=O)C(F)(F)F)C(F)(F)F. The van der Waals surface area contributed by atoms with Crippen molar-refractivity contribution in [2.24, 2.45) is 0 Å². The predicted molar refractivity (Wildman–Crippen MR) is 172 cm³/mol. The fourth-order valence-electron chi connectivity index (χ4n) is 6.00. The van der Waals surface area contributed by atoms with Crippen LogP contribution in [0.25, 0.3) is 0 Å². The van der Waals surface area contributed by atoms with E-state index in [0.29, 0.717) is 32.2 Å². The smallest absolute Gasteiger partial charge is 0.378 e. The molecule has 1 atom stereocenters. The number of urea groups is 1. The van der Waals surface area contributed by atoms with Gasteiger partial charge in [0.15, 0.2) is 0 Å². The summed E-state index contributed by atoms with van der Waals surface area (Å²) in [6.07, 6.45) is -7.46. The molecule has 0 bridgehead atoms. The number of alkyl halides is 6. The summed E-state index contributed by atoms with van der Waals surface area (Å²) in [5, 5.41) is 8.24. The Bertz CT molecular complexity index is 1510.